The van der Waals surface area contributed by atoms with Crippen LogP contribution in [0.2, 0.25) is 0 Å². The number of esters is 2. The van der Waals surface area contributed by atoms with Crippen LogP contribution in [0.1, 0.15) is 25.7 Å². The number of hydrogen-bond acceptors (Lipinski definition) is 10. The van der Waals surface area contributed by atoms with E-state index in [0.29, 0.717) is 5.56 Å². The molecule has 0 saturated heterocycles. The summed E-state index contributed by atoms with van der Waals surface area (Å²) in [6.07, 6.45) is -7.94. The van der Waals surface area contributed by atoms with Gasteiger partial charge in [0, 0.05) is 19.4 Å². The van der Waals surface area contributed by atoms with Crippen molar-refractivity contribution in [3.05, 3.63) is 35.9 Å². The van der Waals surface area contributed by atoms with E-state index in [9.17, 15) is 30.0 Å². The summed E-state index contributed by atoms with van der Waals surface area (Å²) in [6, 6.07) is 8.66. The van der Waals surface area contributed by atoms with Crippen molar-refractivity contribution < 1.29 is 49.7 Å². The number of rotatable bonds is 8. The van der Waals surface area contributed by atoms with Gasteiger partial charge in [-0.2, -0.15) is 0 Å². The second-order valence-electron chi connectivity index (χ2n) is 5.51. The van der Waals surface area contributed by atoms with E-state index >= 15 is 0 Å². The average Bonchev–Trinajstić information content (AvgIpc) is 2.63. The van der Waals surface area contributed by atoms with E-state index in [4.69, 9.17) is 10.2 Å². The highest BCUT2D eigenvalue weighted by Crippen LogP contribution is 2.07. The van der Waals surface area contributed by atoms with Crippen LogP contribution in [0.3, 0.4) is 0 Å². The van der Waals surface area contributed by atoms with E-state index in [1.54, 1.807) is 24.3 Å². The summed E-state index contributed by atoms with van der Waals surface area (Å²) in [7, 11) is 0. The minimum Gasteiger partial charge on any atom is -0.463 e. The Kier molecular flexibility index (Phi) is 12.1. The number of ether oxygens (including phenoxy) is 2. The predicted molar refractivity (Wildman–Crippen MR) is 90.9 cm³/mol. The summed E-state index contributed by atoms with van der Waals surface area (Å²) < 4.78 is 8.85. The molecule has 154 valence electrons. The molecular formula is C17H26O10. The van der Waals surface area contributed by atoms with Gasteiger partial charge in [-0.3, -0.25) is 9.59 Å². The van der Waals surface area contributed by atoms with Crippen molar-refractivity contribution in [1.29, 1.82) is 0 Å². The van der Waals surface area contributed by atoms with Gasteiger partial charge in [0.25, 0.3) is 0 Å². The van der Waals surface area contributed by atoms with Gasteiger partial charge in [0.15, 0.2) is 6.29 Å². The van der Waals surface area contributed by atoms with E-state index in [-0.39, 0.29) is 0 Å². The summed E-state index contributed by atoms with van der Waals surface area (Å²) >= 11 is 0. The molecule has 6 N–H and O–H groups in total. The summed E-state index contributed by atoms with van der Waals surface area (Å²) in [5.41, 5.74) is 0.525. The lowest BCUT2D eigenvalue weighted by atomic mass is 10.0. The van der Waals surface area contributed by atoms with E-state index in [1.165, 1.54) is 0 Å². The molecular weight excluding hydrogens is 364 g/mol. The Morgan fingerprint density at radius 1 is 0.778 bits per heavy atom. The predicted octanol–water partition coefficient (Wildman–Crippen LogP) is -1.77. The minimum absolute atomic E-state index is 0.520. The SMILES string of the molecule is CC(=O)OCC(O)C(O)C(O)C(O)COC(C)=O.OC(O)c1ccccc1. The monoisotopic (exact) mass is 390 g/mol. The topological polar surface area (TPSA) is 174 Å². The highest BCUT2D eigenvalue weighted by atomic mass is 16.5. The Morgan fingerprint density at radius 3 is 1.41 bits per heavy atom. The van der Waals surface area contributed by atoms with Crippen molar-refractivity contribution in [2.24, 2.45) is 0 Å². The molecule has 0 saturated carbocycles. The number of aliphatic hydroxyl groups is 6. The molecule has 0 aliphatic carbocycles. The highest BCUT2D eigenvalue weighted by Gasteiger charge is 2.31. The van der Waals surface area contributed by atoms with E-state index in [2.05, 4.69) is 9.47 Å². The van der Waals surface area contributed by atoms with E-state index < -0.39 is 55.9 Å². The molecule has 1 aromatic rings. The summed E-state index contributed by atoms with van der Waals surface area (Å²) in [5.74, 6) is -1.31. The van der Waals surface area contributed by atoms with Gasteiger partial charge in [-0.25, -0.2) is 0 Å². The molecule has 4 unspecified atom stereocenters. The number of carbonyl (C=O) groups is 2. The smallest absolute Gasteiger partial charge is 0.302 e. The second-order valence-corrected chi connectivity index (χ2v) is 5.51. The Hall–Kier alpha value is -2.08. The van der Waals surface area contributed by atoms with Gasteiger partial charge < -0.3 is 40.1 Å². The Bertz CT molecular complexity index is 520. The summed E-state index contributed by atoms with van der Waals surface area (Å²) in [4.78, 5) is 20.9. The quantitative estimate of drug-likeness (QED) is 0.220. The van der Waals surface area contributed by atoms with Gasteiger partial charge in [0.2, 0.25) is 0 Å². The molecule has 4 atom stereocenters. The molecule has 0 radical (unpaired) electrons. The van der Waals surface area contributed by atoms with Crippen molar-refractivity contribution in [3.8, 4) is 0 Å². The third-order valence-corrected chi connectivity index (χ3v) is 3.15. The van der Waals surface area contributed by atoms with Crippen LogP contribution in [0.25, 0.3) is 0 Å². The molecule has 0 fully saturated rings. The van der Waals surface area contributed by atoms with Crippen molar-refractivity contribution in [2.75, 3.05) is 13.2 Å². The first-order valence-electron chi connectivity index (χ1n) is 7.96. The van der Waals surface area contributed by atoms with Crippen molar-refractivity contribution in [1.82, 2.24) is 0 Å². The molecule has 1 aromatic carbocycles. The van der Waals surface area contributed by atoms with Crippen LogP contribution in [0.4, 0.5) is 0 Å². The van der Waals surface area contributed by atoms with Gasteiger partial charge in [0.1, 0.15) is 37.6 Å². The maximum Gasteiger partial charge on any atom is 0.302 e. The molecule has 0 aliphatic rings. The van der Waals surface area contributed by atoms with Crippen LogP contribution in [-0.2, 0) is 19.1 Å². The lowest BCUT2D eigenvalue weighted by molar-refractivity contribution is -0.160. The number of carbonyl (C=O) groups excluding carboxylic acids is 2. The van der Waals surface area contributed by atoms with Crippen molar-refractivity contribution in [2.45, 2.75) is 44.6 Å². The lowest BCUT2D eigenvalue weighted by Gasteiger charge is -2.25. The maximum atomic E-state index is 10.5. The van der Waals surface area contributed by atoms with Crippen molar-refractivity contribution in [3.63, 3.8) is 0 Å². The lowest BCUT2D eigenvalue weighted by Crippen LogP contribution is -2.47. The zero-order valence-electron chi connectivity index (χ0n) is 15.0. The van der Waals surface area contributed by atoms with Crippen LogP contribution in [-0.4, -0.2) is 80.2 Å². The molecule has 0 amide bonds. The molecule has 0 aromatic heterocycles. The first-order valence-corrected chi connectivity index (χ1v) is 7.96. The van der Waals surface area contributed by atoms with Gasteiger partial charge in [-0.1, -0.05) is 30.3 Å². The second kappa shape index (κ2) is 13.1. The normalized spacial score (nSPS) is 15.0. The first kappa shape index (κ1) is 24.9. The van der Waals surface area contributed by atoms with Crippen molar-refractivity contribution >= 4 is 11.9 Å². The number of hydrogen-bond donors (Lipinski definition) is 6. The van der Waals surface area contributed by atoms with E-state index in [1.807, 2.05) is 6.07 Å². The third-order valence-electron chi connectivity index (χ3n) is 3.15. The van der Waals surface area contributed by atoms with Gasteiger partial charge >= 0.3 is 11.9 Å². The number of aliphatic hydroxyl groups excluding tert-OH is 5. The fraction of sp³-hybridized carbons (Fsp3) is 0.529. The Balaban J connectivity index is 0.000000621. The van der Waals surface area contributed by atoms with Crippen LogP contribution in [0.5, 0.6) is 0 Å². The molecule has 0 heterocycles. The maximum absolute atomic E-state index is 10.5. The Labute approximate surface area is 156 Å². The molecule has 1 rings (SSSR count). The molecule has 0 bridgehead atoms. The summed E-state index contributed by atoms with van der Waals surface area (Å²) in [6.45, 7) is 1.19. The van der Waals surface area contributed by atoms with Crippen LogP contribution >= 0.6 is 0 Å². The van der Waals surface area contributed by atoms with Crippen LogP contribution in [0.15, 0.2) is 30.3 Å². The third kappa shape index (κ3) is 11.3. The largest absolute Gasteiger partial charge is 0.463 e. The highest BCUT2D eigenvalue weighted by molar-refractivity contribution is 5.66. The van der Waals surface area contributed by atoms with Crippen LogP contribution < -0.4 is 0 Å². The molecule has 0 aliphatic heterocycles. The standard InChI is InChI=1S/C10H18O8.C7H8O2/c1-5(11)17-3-7(13)9(15)10(16)8(14)4-18-6(2)12;8-7(9)6-4-2-1-3-5-6/h7-10,13-16H,3-4H2,1-2H3;1-5,7-9H. The molecule has 0 spiro atoms. The zero-order valence-corrected chi connectivity index (χ0v) is 15.0. The fourth-order valence-electron chi connectivity index (χ4n) is 1.68. The fourth-order valence-corrected chi connectivity index (χ4v) is 1.68. The first-order chi connectivity index (χ1) is 12.6. The van der Waals surface area contributed by atoms with Gasteiger partial charge in [-0.05, 0) is 0 Å². The molecule has 10 heteroatoms. The molecule has 27 heavy (non-hydrogen) atoms. The van der Waals surface area contributed by atoms with Gasteiger partial charge in [-0.15, -0.1) is 0 Å². The minimum atomic E-state index is -1.74. The average molecular weight is 390 g/mol. The summed E-state index contributed by atoms with van der Waals surface area (Å²) in [5, 5.41) is 54.8. The van der Waals surface area contributed by atoms with E-state index in [0.717, 1.165) is 13.8 Å². The number of benzene rings is 1. The van der Waals surface area contributed by atoms with Crippen LogP contribution in [0, 0.1) is 0 Å². The Morgan fingerprint density at radius 2 is 1.15 bits per heavy atom. The molecule has 10 nitrogen and oxygen atoms in total. The zero-order chi connectivity index (χ0) is 21.0. The van der Waals surface area contributed by atoms with Gasteiger partial charge in [0.05, 0.1) is 0 Å².